The van der Waals surface area contributed by atoms with E-state index >= 15 is 0 Å². The first-order valence-corrected chi connectivity index (χ1v) is 23.0. The summed E-state index contributed by atoms with van der Waals surface area (Å²) in [5, 5.41) is 1.55. The van der Waals surface area contributed by atoms with E-state index in [0.29, 0.717) is 9.54 Å². The topological polar surface area (TPSA) is 0 Å². The molecular weight excluding hydrogens is 727 g/mol. The average molecular weight is 777 g/mol. The van der Waals surface area contributed by atoms with Crippen LogP contribution >= 0.6 is 23.2 Å². The van der Waals surface area contributed by atoms with Crippen LogP contribution in [-0.4, -0.2) is 3.21 Å². The van der Waals surface area contributed by atoms with E-state index in [1.54, 1.807) is 6.49 Å². The summed E-state index contributed by atoms with van der Waals surface area (Å²) in [5.74, 6) is 0.367. The molecule has 2 saturated carbocycles. The Morgan fingerprint density at radius 2 is 1.12 bits per heavy atom. The van der Waals surface area contributed by atoms with Crippen LogP contribution in [0.1, 0.15) is 72.9 Å². The minimum atomic E-state index is -3.03. The van der Waals surface area contributed by atoms with Crippen molar-refractivity contribution in [3.05, 3.63) is 164 Å². The normalized spacial score (nSPS) is 41.6. The van der Waals surface area contributed by atoms with Gasteiger partial charge in [0.25, 0.3) is 0 Å². The van der Waals surface area contributed by atoms with Crippen LogP contribution in [0.3, 0.4) is 0 Å². The van der Waals surface area contributed by atoms with Crippen LogP contribution in [0.25, 0.3) is 0 Å². The number of rotatable bonds is 4. The third-order valence-corrected chi connectivity index (χ3v) is 26.2. The van der Waals surface area contributed by atoms with E-state index in [4.69, 9.17) is 23.2 Å². The van der Waals surface area contributed by atoms with E-state index in [1.807, 2.05) is 0 Å². The van der Waals surface area contributed by atoms with Gasteiger partial charge in [-0.2, -0.15) is 0 Å². The summed E-state index contributed by atoms with van der Waals surface area (Å²) < 4.78 is 3.68. The molecule has 0 nitrogen and oxygen atoms in total. The molecule has 0 spiro atoms. The van der Waals surface area contributed by atoms with Crippen LogP contribution in [0.4, 0.5) is 0 Å². The van der Waals surface area contributed by atoms with Gasteiger partial charge in [-0.1, -0.05) is 0 Å². The van der Waals surface area contributed by atoms with Crippen LogP contribution in [0.5, 0.6) is 0 Å². The maximum absolute atomic E-state index is 6.60. The Labute approximate surface area is 318 Å². The van der Waals surface area contributed by atoms with E-state index in [2.05, 4.69) is 189 Å². The molecule has 9 unspecified atom stereocenters. The van der Waals surface area contributed by atoms with Gasteiger partial charge in [0, 0.05) is 0 Å². The molecule has 0 aromatic heterocycles. The van der Waals surface area contributed by atoms with Crippen LogP contribution in [0.2, 0.25) is 13.7 Å². The summed E-state index contributed by atoms with van der Waals surface area (Å²) in [6, 6.07) is 17.5. The number of allylic oxidation sites excluding steroid dienone is 16. The number of halogens is 2. The third kappa shape index (κ3) is 3.86. The Hall–Kier alpha value is -2.31. The molecule has 0 saturated heterocycles. The van der Waals surface area contributed by atoms with Gasteiger partial charge in [0.05, 0.1) is 0 Å². The molecule has 0 heterocycles. The first kappa shape index (κ1) is 34.8. The van der Waals surface area contributed by atoms with Crippen molar-refractivity contribution in [3.8, 4) is 0 Å². The van der Waals surface area contributed by atoms with Crippen molar-refractivity contribution in [1.29, 1.82) is 0 Å². The van der Waals surface area contributed by atoms with Crippen LogP contribution in [0.15, 0.2) is 142 Å². The first-order valence-electron chi connectivity index (χ1n) is 18.4. The summed E-state index contributed by atoms with van der Waals surface area (Å²) in [6.07, 6.45) is 35.7. The van der Waals surface area contributed by atoms with Crippen LogP contribution < -0.4 is 0 Å². The van der Waals surface area contributed by atoms with Crippen molar-refractivity contribution in [3.63, 3.8) is 0 Å². The zero-order valence-electron chi connectivity index (χ0n) is 30.8. The van der Waals surface area contributed by atoms with Gasteiger partial charge in [0.15, 0.2) is 0 Å². The first-order chi connectivity index (χ1) is 23.7. The fourth-order valence-electron chi connectivity index (χ4n) is 13.1. The van der Waals surface area contributed by atoms with Gasteiger partial charge in [0.1, 0.15) is 0 Å². The van der Waals surface area contributed by atoms with E-state index in [-0.39, 0.29) is 37.9 Å². The second-order valence-corrected chi connectivity index (χ2v) is 24.4. The predicted molar refractivity (Wildman–Crippen MR) is 211 cm³/mol. The predicted octanol–water partition coefficient (Wildman–Crippen LogP) is 13.3. The maximum atomic E-state index is 6.60. The zero-order valence-corrected chi connectivity index (χ0v) is 34.8. The van der Waals surface area contributed by atoms with Gasteiger partial charge >= 0.3 is 321 Å². The summed E-state index contributed by atoms with van der Waals surface area (Å²) >= 11 is 10.2. The van der Waals surface area contributed by atoms with Crippen molar-refractivity contribution >= 4 is 26.4 Å². The molecule has 0 aliphatic heterocycles. The van der Waals surface area contributed by atoms with Crippen molar-refractivity contribution in [2.75, 3.05) is 0 Å². The zero-order chi connectivity index (χ0) is 35.5. The molecule has 2 fully saturated rings. The van der Waals surface area contributed by atoms with Crippen molar-refractivity contribution < 1.29 is 21.3 Å². The Balaban J connectivity index is 1.58. The average Bonchev–Trinajstić information content (AvgIpc) is 3.69. The summed E-state index contributed by atoms with van der Waals surface area (Å²) in [6.45, 7) is 21.1. The van der Waals surface area contributed by atoms with Crippen molar-refractivity contribution in [2.24, 2.45) is 43.8 Å². The standard InChI is InChI=1S/C29H37.C13H8Cl2.C5H5.Zr/c1-21-14-13-15-22-20-27(6)25(4)18-10-9-16-23(25,2)24(3)17-11-12-19-26(24,5)29(27,8)28(21,22)7;14-12-5-1-10(2-6-12)9-11-3-7-13(15)8-4-11;1-2-4-5-3-1;/h9-20,22H,1-8H3;1-8H;1-3H,4H2;. The molecule has 0 radical (unpaired) electrons. The van der Waals surface area contributed by atoms with E-state index in [0.717, 1.165) is 16.5 Å². The number of benzene rings is 2. The molecule has 3 heteroatoms. The molecule has 2 aromatic rings. The van der Waals surface area contributed by atoms with Gasteiger partial charge in [-0.15, -0.1) is 0 Å². The van der Waals surface area contributed by atoms with E-state index < -0.39 is 21.3 Å². The molecule has 6 aliphatic rings. The second-order valence-electron chi connectivity index (χ2n) is 17.1. The molecule has 6 aliphatic carbocycles. The Morgan fingerprint density at radius 3 is 1.64 bits per heavy atom. The molecule has 8 rings (SSSR count). The molecular formula is C47H50Cl2Zr. The van der Waals surface area contributed by atoms with E-state index in [1.165, 1.54) is 16.7 Å². The van der Waals surface area contributed by atoms with Gasteiger partial charge < -0.3 is 0 Å². The number of hydrogen-bond acceptors (Lipinski definition) is 0. The SMILES string of the molecule is CC1=CC=CC2[CH]([Zr]([C]3=CC=CC3)=[C](c3ccc(Cl)cc3)c3ccc(Cl)cc3)C3(C)C4(C)C=CC=CC4(C)C4(C)C=CC=CC4(C)C3(C)C12C. The van der Waals surface area contributed by atoms with Gasteiger partial charge in [-0.25, -0.2) is 0 Å². The van der Waals surface area contributed by atoms with E-state index in [9.17, 15) is 0 Å². The monoisotopic (exact) mass is 774 g/mol. The van der Waals surface area contributed by atoms with Crippen LogP contribution in [-0.2, 0) is 21.3 Å². The summed E-state index contributed by atoms with van der Waals surface area (Å²) in [4.78, 5) is 0. The van der Waals surface area contributed by atoms with Crippen LogP contribution in [0, 0.1) is 43.8 Å². The van der Waals surface area contributed by atoms with Crippen molar-refractivity contribution in [2.45, 2.75) is 65.4 Å². The molecule has 2 aromatic carbocycles. The number of fused-ring (bicyclic) bond motifs is 8. The molecule has 0 amide bonds. The molecule has 9 atom stereocenters. The minimum absolute atomic E-state index is 0.0878. The fourth-order valence-corrected chi connectivity index (χ4v) is 24.6. The van der Waals surface area contributed by atoms with Gasteiger partial charge in [-0.3, -0.25) is 0 Å². The van der Waals surface area contributed by atoms with Crippen molar-refractivity contribution in [1.82, 2.24) is 0 Å². The Kier molecular flexibility index (Phi) is 7.89. The quantitative estimate of drug-likeness (QED) is 0.290. The van der Waals surface area contributed by atoms with Gasteiger partial charge in [0.2, 0.25) is 0 Å². The Morgan fingerprint density at radius 1 is 0.620 bits per heavy atom. The Bertz CT molecular complexity index is 2020. The third-order valence-electron chi connectivity index (χ3n) is 16.5. The summed E-state index contributed by atoms with van der Waals surface area (Å²) in [5.41, 5.74) is 3.24. The molecule has 256 valence electrons. The molecule has 50 heavy (non-hydrogen) atoms. The van der Waals surface area contributed by atoms with Gasteiger partial charge in [-0.05, 0) is 0 Å². The molecule has 0 bridgehead atoms. The molecule has 0 N–H and O–H groups in total. The fraction of sp³-hybridized carbons (Fsp3) is 0.383. The summed E-state index contributed by atoms with van der Waals surface area (Å²) in [7, 11) is 0. The number of hydrogen-bond donors (Lipinski definition) is 0. The second kappa shape index (κ2) is 11.3.